The minimum Gasteiger partial charge on any atom is -0.0917 e. The number of hydrogen-bond acceptors (Lipinski definition) is 0. The Hall–Kier alpha value is -2.08. The molecule has 0 aliphatic rings. The van der Waals surface area contributed by atoms with Gasteiger partial charge in [-0.15, -0.1) is 0 Å². The van der Waals surface area contributed by atoms with Crippen LogP contribution in [0.1, 0.15) is 528 Å². The SMILES string of the molecule is C/C=C/CCCCCCCCCC/C=C/CCCCCCCCCC/C=C/CCCCCCCCCC/C=C/CCCCCCCCCC/C=C/CCCCCCCCCC/C=C/CCCCCCCCCC/C=C/CCCCCCCCCC/C=C/CCCCCCCCCCC. The van der Waals surface area contributed by atoms with Gasteiger partial charge in [-0.1, -0.05) is 425 Å². The van der Waals surface area contributed by atoms with Crippen LogP contribution in [0.3, 0.4) is 0 Å². The van der Waals surface area contributed by atoms with E-state index in [4.69, 9.17) is 0 Å². The first-order valence-corrected chi connectivity index (χ1v) is 46.1. The first-order valence-electron chi connectivity index (χ1n) is 46.1. The molecule has 98 heavy (non-hydrogen) atoms. The van der Waals surface area contributed by atoms with Crippen LogP contribution in [0.25, 0.3) is 0 Å². The van der Waals surface area contributed by atoms with E-state index in [-0.39, 0.29) is 0 Å². The minimum absolute atomic E-state index is 1.28. The van der Waals surface area contributed by atoms with Gasteiger partial charge in [0.25, 0.3) is 0 Å². The summed E-state index contributed by atoms with van der Waals surface area (Å²) in [6.45, 7) is 4.44. The van der Waals surface area contributed by atoms with Gasteiger partial charge in [0.2, 0.25) is 0 Å². The monoisotopic (exact) mass is 1360 g/mol. The first kappa shape index (κ1) is 95.9. The van der Waals surface area contributed by atoms with Crippen LogP contribution in [0, 0.1) is 0 Å². The fourth-order valence-electron chi connectivity index (χ4n) is 14.5. The van der Waals surface area contributed by atoms with Gasteiger partial charge in [-0.05, 0) is 200 Å². The van der Waals surface area contributed by atoms with E-state index in [0.29, 0.717) is 0 Å². The molecule has 0 heterocycles. The third-order valence-electron chi connectivity index (χ3n) is 21.3. The van der Waals surface area contributed by atoms with Crippen molar-refractivity contribution in [1.29, 1.82) is 0 Å². The zero-order chi connectivity index (χ0) is 69.9. The van der Waals surface area contributed by atoms with Gasteiger partial charge in [-0.3, -0.25) is 0 Å². The lowest BCUT2D eigenvalue weighted by atomic mass is 10.0. The summed E-state index contributed by atoms with van der Waals surface area (Å²) < 4.78 is 0. The summed E-state index contributed by atoms with van der Waals surface area (Å²) in [6, 6.07) is 0. The third-order valence-corrected chi connectivity index (χ3v) is 21.3. The molecular formula is C98H182. The maximum Gasteiger partial charge on any atom is -0.0351 e. The van der Waals surface area contributed by atoms with Crippen molar-refractivity contribution in [3.8, 4) is 0 Å². The molecule has 0 aromatic carbocycles. The molecule has 0 saturated heterocycles. The lowest BCUT2D eigenvalue weighted by molar-refractivity contribution is 0.565. The summed E-state index contributed by atoms with van der Waals surface area (Å²) in [6.07, 6.45) is 152. The molecule has 0 aliphatic heterocycles. The second-order valence-corrected chi connectivity index (χ2v) is 31.3. The largest absolute Gasteiger partial charge is 0.0917 e. The molecule has 574 valence electrons. The van der Waals surface area contributed by atoms with Crippen molar-refractivity contribution in [1.82, 2.24) is 0 Å². The van der Waals surface area contributed by atoms with Crippen molar-refractivity contribution in [3.05, 3.63) is 97.2 Å². The molecule has 0 N–H and O–H groups in total. The molecule has 0 nitrogen and oxygen atoms in total. The van der Waals surface area contributed by atoms with E-state index < -0.39 is 0 Å². The molecular weight excluding hydrogens is 1180 g/mol. The lowest BCUT2D eigenvalue weighted by Gasteiger charge is -2.02. The second kappa shape index (κ2) is 94.9. The number of rotatable bonds is 87. The Morgan fingerprint density at radius 2 is 0.184 bits per heavy atom. The molecule has 0 rings (SSSR count). The Morgan fingerprint density at radius 3 is 0.276 bits per heavy atom. The maximum atomic E-state index is 2.48. The van der Waals surface area contributed by atoms with Crippen molar-refractivity contribution in [3.63, 3.8) is 0 Å². The quantitative estimate of drug-likeness (QED) is 0.0421. The highest BCUT2D eigenvalue weighted by atomic mass is 14.1. The fraction of sp³-hybridized carbons (Fsp3) is 0.837. The molecule has 0 unspecified atom stereocenters. The molecule has 0 heteroatoms. The van der Waals surface area contributed by atoms with Crippen LogP contribution < -0.4 is 0 Å². The van der Waals surface area contributed by atoms with Gasteiger partial charge in [-0.2, -0.15) is 0 Å². The summed E-state index contributed by atoms with van der Waals surface area (Å²) in [5, 5.41) is 0. The summed E-state index contributed by atoms with van der Waals surface area (Å²) in [5.74, 6) is 0. The second-order valence-electron chi connectivity index (χ2n) is 31.3. The van der Waals surface area contributed by atoms with Gasteiger partial charge in [0, 0.05) is 0 Å². The topological polar surface area (TPSA) is 0 Å². The molecule has 0 saturated carbocycles. The number of hydrogen-bond donors (Lipinski definition) is 0. The normalized spacial score (nSPS) is 12.5. The Balaban J connectivity index is 3.22. The van der Waals surface area contributed by atoms with Gasteiger partial charge in [0.15, 0.2) is 0 Å². The van der Waals surface area contributed by atoms with Gasteiger partial charge in [0.05, 0.1) is 0 Å². The van der Waals surface area contributed by atoms with E-state index >= 15 is 0 Å². The van der Waals surface area contributed by atoms with Crippen LogP contribution in [-0.2, 0) is 0 Å². The Kier molecular flexibility index (Phi) is 92.9. The average Bonchev–Trinajstić information content (AvgIpc) is 3.63. The van der Waals surface area contributed by atoms with Gasteiger partial charge in [0.1, 0.15) is 0 Å². The molecule has 0 amide bonds. The van der Waals surface area contributed by atoms with E-state index in [1.54, 1.807) is 0 Å². The van der Waals surface area contributed by atoms with Crippen LogP contribution in [-0.4, -0.2) is 0 Å². The zero-order valence-electron chi connectivity index (χ0n) is 67.8. The standard InChI is InChI=1S/C98H182/c1-3-5-7-9-11-13-15-17-19-21-23-25-27-29-31-33-35-37-39-41-43-45-47-49-51-53-55-57-59-61-63-65-67-69-71-73-75-77-79-81-83-85-87-89-91-93-95-97-98-96-94-92-90-88-86-84-82-80-78-76-74-72-70-68-66-64-62-60-58-56-54-52-50-48-46-44-42-40-38-36-34-32-30-28-26-24-22-20-18-16-14-12-10-8-6-4-2/h3,5,24,26-27,29,48,50-51,53,72,74-75,77,96,98H,4,6-23,25,28,30-47,49,52,54-71,73,76,78-95,97H2,1-2H3/b5-3+,26-24+,29-27+,50-48+,53-51+,74-72+,77-75+,98-96+. The van der Waals surface area contributed by atoms with E-state index in [1.807, 2.05) is 0 Å². The molecule has 0 spiro atoms. The van der Waals surface area contributed by atoms with E-state index in [9.17, 15) is 0 Å². The highest BCUT2D eigenvalue weighted by molar-refractivity contribution is 4.86. The van der Waals surface area contributed by atoms with Crippen molar-refractivity contribution < 1.29 is 0 Å². The van der Waals surface area contributed by atoms with Gasteiger partial charge < -0.3 is 0 Å². The predicted molar refractivity (Wildman–Crippen MR) is 454 cm³/mol. The van der Waals surface area contributed by atoms with Crippen LogP contribution in [0.4, 0.5) is 0 Å². The number of allylic oxidation sites excluding steroid dienone is 16. The summed E-state index contributed by atoms with van der Waals surface area (Å²) in [7, 11) is 0. The highest BCUT2D eigenvalue weighted by Crippen LogP contribution is 2.20. The summed E-state index contributed by atoms with van der Waals surface area (Å²) >= 11 is 0. The molecule has 0 aromatic rings. The predicted octanol–water partition coefficient (Wildman–Crippen LogP) is 36.7. The summed E-state index contributed by atoms with van der Waals surface area (Å²) in [5.41, 5.74) is 0. The molecule has 0 radical (unpaired) electrons. The molecule has 0 aromatic heterocycles. The molecule has 0 atom stereocenters. The van der Waals surface area contributed by atoms with Crippen LogP contribution >= 0.6 is 0 Å². The zero-order valence-corrected chi connectivity index (χ0v) is 67.8. The Bertz CT molecular complexity index is 1630. The first-order chi connectivity index (χ1) is 48.9. The van der Waals surface area contributed by atoms with Crippen LogP contribution in [0.15, 0.2) is 97.2 Å². The van der Waals surface area contributed by atoms with Crippen LogP contribution in [0.2, 0.25) is 0 Å². The van der Waals surface area contributed by atoms with Gasteiger partial charge >= 0.3 is 0 Å². The van der Waals surface area contributed by atoms with Crippen molar-refractivity contribution in [2.24, 2.45) is 0 Å². The van der Waals surface area contributed by atoms with Gasteiger partial charge in [-0.25, -0.2) is 0 Å². The average molecular weight is 1360 g/mol. The van der Waals surface area contributed by atoms with Crippen molar-refractivity contribution in [2.75, 3.05) is 0 Å². The van der Waals surface area contributed by atoms with E-state index in [2.05, 4.69) is 111 Å². The Morgan fingerprint density at radius 1 is 0.102 bits per heavy atom. The highest BCUT2D eigenvalue weighted by Gasteiger charge is 2.00. The lowest BCUT2D eigenvalue weighted by Crippen LogP contribution is -1.82. The molecule has 0 bridgehead atoms. The van der Waals surface area contributed by atoms with Crippen molar-refractivity contribution in [2.45, 2.75) is 528 Å². The van der Waals surface area contributed by atoms with Crippen LogP contribution in [0.5, 0.6) is 0 Å². The maximum absolute atomic E-state index is 2.48. The van der Waals surface area contributed by atoms with E-state index in [0.717, 1.165) is 0 Å². The molecule has 0 fully saturated rings. The smallest absolute Gasteiger partial charge is 0.0351 e. The van der Waals surface area contributed by atoms with E-state index in [1.165, 1.54) is 514 Å². The van der Waals surface area contributed by atoms with Crippen molar-refractivity contribution >= 4 is 0 Å². The molecule has 0 aliphatic carbocycles. The fourth-order valence-corrected chi connectivity index (χ4v) is 14.5. The summed E-state index contributed by atoms with van der Waals surface area (Å²) in [4.78, 5) is 0. The Labute approximate surface area is 621 Å². The third kappa shape index (κ3) is 93.9. The minimum atomic E-state index is 1.28. The number of unbranched alkanes of at least 4 members (excludes halogenated alkanes) is 72.